The van der Waals surface area contributed by atoms with Gasteiger partial charge >= 0.3 is 6.09 Å². The number of anilines is 1. The molecule has 9 heteroatoms. The van der Waals surface area contributed by atoms with Crippen LogP contribution in [0.4, 0.5) is 20.6 Å². The van der Waals surface area contributed by atoms with Gasteiger partial charge in [-0.2, -0.15) is 0 Å². The molecule has 1 atom stereocenters. The number of benzene rings is 1. The topological polar surface area (TPSA) is 103 Å². The SMILES string of the molecule is COC1=Nc2c(ccc(F)c2C(CO)C[N+]2(C(C)(C)C)CCC(NC(=O)O)CC2)NC1. The van der Waals surface area contributed by atoms with E-state index in [1.165, 1.54) is 13.2 Å². The van der Waals surface area contributed by atoms with Crippen molar-refractivity contribution in [3.8, 4) is 0 Å². The van der Waals surface area contributed by atoms with Crippen molar-refractivity contribution in [3.63, 3.8) is 0 Å². The van der Waals surface area contributed by atoms with Crippen LogP contribution in [0.3, 0.4) is 0 Å². The molecule has 0 saturated carbocycles. The van der Waals surface area contributed by atoms with Crippen molar-refractivity contribution < 1.29 is 28.6 Å². The number of carboxylic acid groups (broad SMARTS) is 1. The number of hydrogen-bond acceptors (Lipinski definition) is 5. The van der Waals surface area contributed by atoms with Gasteiger partial charge in [-0.1, -0.05) is 0 Å². The second-order valence-electron chi connectivity index (χ2n) is 9.47. The monoisotopic (exact) mass is 437 g/mol. The Morgan fingerprint density at radius 1 is 1.39 bits per heavy atom. The van der Waals surface area contributed by atoms with Crippen LogP contribution in [0.2, 0.25) is 0 Å². The minimum atomic E-state index is -1.01. The highest BCUT2D eigenvalue weighted by molar-refractivity contribution is 5.91. The standard InChI is InChI=1S/C22H33FN4O4/c1-22(2,3)27(9-7-15(8-10-27)25-21(29)30)12-14(13-28)19-16(23)5-6-17-20(19)26-18(31-4)11-24-17/h5-6,14-15,24-25,28H,7-13H2,1-4H3/p+1. The van der Waals surface area contributed by atoms with Gasteiger partial charge in [-0.15, -0.1) is 0 Å². The van der Waals surface area contributed by atoms with Crippen molar-refractivity contribution in [2.24, 2.45) is 4.99 Å². The lowest BCUT2D eigenvalue weighted by Crippen LogP contribution is -2.66. The van der Waals surface area contributed by atoms with Crippen LogP contribution in [-0.4, -0.2) is 78.2 Å². The fourth-order valence-corrected chi connectivity index (χ4v) is 4.86. The normalized spacial score (nSPS) is 24.5. The molecule has 1 aromatic rings. The van der Waals surface area contributed by atoms with E-state index >= 15 is 4.39 Å². The molecule has 2 aliphatic heterocycles. The molecule has 0 radical (unpaired) electrons. The molecule has 1 fully saturated rings. The molecular weight excluding hydrogens is 403 g/mol. The van der Waals surface area contributed by atoms with E-state index in [2.05, 4.69) is 36.4 Å². The van der Waals surface area contributed by atoms with Gasteiger partial charge in [-0.05, 0) is 32.9 Å². The molecule has 1 saturated heterocycles. The summed E-state index contributed by atoms with van der Waals surface area (Å²) in [5, 5.41) is 25.2. The van der Waals surface area contributed by atoms with Crippen LogP contribution in [0.25, 0.3) is 0 Å². The van der Waals surface area contributed by atoms with E-state index < -0.39 is 17.8 Å². The van der Waals surface area contributed by atoms with Gasteiger partial charge in [0.1, 0.15) is 5.82 Å². The zero-order valence-electron chi connectivity index (χ0n) is 18.7. The number of carbonyl (C=O) groups is 1. The number of piperidine rings is 1. The predicted octanol–water partition coefficient (Wildman–Crippen LogP) is 3.05. The third kappa shape index (κ3) is 4.77. The van der Waals surface area contributed by atoms with Crippen molar-refractivity contribution in [3.05, 3.63) is 23.5 Å². The number of likely N-dealkylation sites (tertiary alicyclic amines) is 1. The zero-order chi connectivity index (χ0) is 22.8. The van der Waals surface area contributed by atoms with Crippen LogP contribution in [0.1, 0.15) is 45.1 Å². The maximum atomic E-state index is 15.1. The first-order chi connectivity index (χ1) is 14.6. The first kappa shape index (κ1) is 23.3. The van der Waals surface area contributed by atoms with Crippen molar-refractivity contribution in [1.29, 1.82) is 0 Å². The van der Waals surface area contributed by atoms with Crippen molar-refractivity contribution in [1.82, 2.24) is 5.32 Å². The Morgan fingerprint density at radius 2 is 2.06 bits per heavy atom. The molecule has 1 aromatic carbocycles. The summed E-state index contributed by atoms with van der Waals surface area (Å²) in [6.07, 6.45) is 0.390. The molecule has 2 heterocycles. The van der Waals surface area contributed by atoms with Crippen LogP contribution in [-0.2, 0) is 4.74 Å². The lowest BCUT2D eigenvalue weighted by molar-refractivity contribution is -0.976. The van der Waals surface area contributed by atoms with Gasteiger partial charge in [0.05, 0.1) is 62.7 Å². The summed E-state index contributed by atoms with van der Waals surface area (Å²) in [5.74, 6) is -0.383. The highest BCUT2D eigenvalue weighted by atomic mass is 19.1. The molecule has 4 N–H and O–H groups in total. The summed E-state index contributed by atoms with van der Waals surface area (Å²) in [6.45, 7) is 8.67. The van der Waals surface area contributed by atoms with E-state index in [4.69, 9.17) is 9.84 Å². The number of quaternary nitrogens is 1. The average Bonchev–Trinajstić information content (AvgIpc) is 2.72. The number of halogens is 1. The van der Waals surface area contributed by atoms with Gasteiger partial charge in [0.25, 0.3) is 0 Å². The number of aliphatic hydroxyl groups is 1. The quantitative estimate of drug-likeness (QED) is 0.530. The summed E-state index contributed by atoms with van der Waals surface area (Å²) in [6, 6.07) is 3.00. The van der Waals surface area contributed by atoms with Gasteiger partial charge in [-0.3, -0.25) is 0 Å². The highest BCUT2D eigenvalue weighted by Crippen LogP contribution is 2.41. The Hall–Kier alpha value is -2.39. The van der Waals surface area contributed by atoms with Crippen LogP contribution in [0.15, 0.2) is 17.1 Å². The molecule has 8 nitrogen and oxygen atoms in total. The van der Waals surface area contributed by atoms with Gasteiger partial charge in [0, 0.05) is 24.4 Å². The number of nitrogens with one attached hydrogen (secondary N) is 2. The van der Waals surface area contributed by atoms with Gasteiger partial charge in [0.15, 0.2) is 0 Å². The van der Waals surface area contributed by atoms with Crippen LogP contribution in [0.5, 0.6) is 0 Å². The number of aliphatic imine (C=N–C) groups is 1. The van der Waals surface area contributed by atoms with Crippen LogP contribution in [0, 0.1) is 5.82 Å². The van der Waals surface area contributed by atoms with Gasteiger partial charge in [0.2, 0.25) is 5.90 Å². The summed E-state index contributed by atoms with van der Waals surface area (Å²) in [7, 11) is 1.53. The average molecular weight is 438 g/mol. The summed E-state index contributed by atoms with van der Waals surface area (Å²) >= 11 is 0. The van der Waals surface area contributed by atoms with Crippen LogP contribution >= 0.6 is 0 Å². The minimum Gasteiger partial charge on any atom is -0.483 e. The number of hydrogen-bond donors (Lipinski definition) is 4. The summed E-state index contributed by atoms with van der Waals surface area (Å²) in [4.78, 5) is 15.6. The number of nitrogens with zero attached hydrogens (tertiary/aromatic N) is 2. The Morgan fingerprint density at radius 3 is 2.61 bits per heavy atom. The molecule has 2 aliphatic rings. The van der Waals surface area contributed by atoms with Crippen molar-refractivity contribution >= 4 is 23.4 Å². The summed E-state index contributed by atoms with van der Waals surface area (Å²) in [5.41, 5.74) is 1.44. The number of ether oxygens (including phenoxy) is 1. The second-order valence-corrected chi connectivity index (χ2v) is 9.47. The van der Waals surface area contributed by atoms with E-state index in [-0.39, 0.29) is 18.2 Å². The molecule has 0 bridgehead atoms. The van der Waals surface area contributed by atoms with E-state index in [0.29, 0.717) is 47.6 Å². The third-order valence-electron chi connectivity index (χ3n) is 6.83. The molecule has 172 valence electrons. The first-order valence-corrected chi connectivity index (χ1v) is 10.7. The molecule has 1 unspecified atom stereocenters. The lowest BCUT2D eigenvalue weighted by Gasteiger charge is -2.53. The van der Waals surface area contributed by atoms with E-state index in [9.17, 15) is 9.90 Å². The minimum absolute atomic E-state index is 0.0852. The first-order valence-electron chi connectivity index (χ1n) is 10.7. The van der Waals surface area contributed by atoms with E-state index in [1.807, 2.05) is 0 Å². The maximum absolute atomic E-state index is 15.1. The molecule has 0 spiro atoms. The number of methoxy groups -OCH3 is 1. The Labute approximate surface area is 182 Å². The van der Waals surface area contributed by atoms with Crippen LogP contribution < -0.4 is 10.6 Å². The lowest BCUT2D eigenvalue weighted by atomic mass is 9.87. The Bertz CT molecular complexity index is 845. The molecular formula is C22H34FN4O4+. The summed E-state index contributed by atoms with van der Waals surface area (Å²) < 4.78 is 21.0. The fourth-order valence-electron chi connectivity index (χ4n) is 4.86. The number of aliphatic hydroxyl groups excluding tert-OH is 1. The van der Waals surface area contributed by atoms with Crippen molar-refractivity contribution in [2.45, 2.75) is 51.1 Å². The number of rotatable bonds is 5. The molecule has 31 heavy (non-hydrogen) atoms. The van der Waals surface area contributed by atoms with Gasteiger partial charge < -0.3 is 30.1 Å². The van der Waals surface area contributed by atoms with E-state index in [1.54, 1.807) is 6.07 Å². The maximum Gasteiger partial charge on any atom is 0.404 e. The Kier molecular flexibility index (Phi) is 6.76. The Balaban J connectivity index is 1.94. The molecule has 1 amide bonds. The van der Waals surface area contributed by atoms with Crippen molar-refractivity contribution in [2.75, 3.05) is 45.2 Å². The molecule has 0 aromatic heterocycles. The number of amides is 1. The second kappa shape index (κ2) is 9.00. The smallest absolute Gasteiger partial charge is 0.404 e. The van der Waals surface area contributed by atoms with E-state index in [0.717, 1.165) is 18.8 Å². The predicted molar refractivity (Wildman–Crippen MR) is 118 cm³/mol. The zero-order valence-corrected chi connectivity index (χ0v) is 18.7. The third-order valence-corrected chi connectivity index (χ3v) is 6.83. The molecule has 3 rings (SSSR count). The van der Waals surface area contributed by atoms with Gasteiger partial charge in [-0.25, -0.2) is 14.2 Å². The number of fused-ring (bicyclic) bond motifs is 1. The molecule has 0 aliphatic carbocycles. The highest BCUT2D eigenvalue weighted by Gasteiger charge is 2.46. The largest absolute Gasteiger partial charge is 0.483 e. The fraction of sp³-hybridized carbons (Fsp3) is 0.636.